The van der Waals surface area contributed by atoms with Gasteiger partial charge in [-0.1, -0.05) is 127 Å². The monoisotopic (exact) mass is 772 g/mol. The lowest BCUT2D eigenvalue weighted by Gasteiger charge is -2.14. The molecule has 0 atom stereocenters. The summed E-state index contributed by atoms with van der Waals surface area (Å²) in [5, 5.41) is 10.3. The normalized spacial score (nSPS) is 12.1. The van der Waals surface area contributed by atoms with Gasteiger partial charge in [-0.25, -0.2) is 0 Å². The molecule has 0 fully saturated rings. The maximum absolute atomic E-state index is 2.51. The molecule has 0 radical (unpaired) electrons. The number of rotatable bonds is 4. The minimum Gasteiger partial charge on any atom is -0.309 e. The van der Waals surface area contributed by atoms with Crippen molar-refractivity contribution in [3.8, 4) is 33.6 Å². The molecule has 13 rings (SSSR count). The SMILES string of the molecule is c1ccc(-n2c3ccccc3c3cccc(-c4ccc5c6ccccc6n(-c6cc(-c7ccc8sc9ccccc9c8c7)c7sc8ccccc8c7c6)c5c4)c32)cc1. The summed E-state index contributed by atoms with van der Waals surface area (Å²) in [7, 11) is 0. The Morgan fingerprint density at radius 2 is 0.879 bits per heavy atom. The molecule has 13 aromatic rings. The smallest absolute Gasteiger partial charge is 0.0619 e. The number of benzene rings is 9. The highest BCUT2D eigenvalue weighted by atomic mass is 32.1. The highest BCUT2D eigenvalue weighted by molar-refractivity contribution is 7.26. The van der Waals surface area contributed by atoms with Crippen LogP contribution in [0, 0.1) is 0 Å². The topological polar surface area (TPSA) is 9.86 Å². The summed E-state index contributed by atoms with van der Waals surface area (Å²) >= 11 is 3.77. The van der Waals surface area contributed by atoms with Crippen LogP contribution in [0.5, 0.6) is 0 Å². The maximum atomic E-state index is 2.51. The van der Waals surface area contributed by atoms with Crippen molar-refractivity contribution in [1.82, 2.24) is 9.13 Å². The Morgan fingerprint density at radius 3 is 1.69 bits per heavy atom. The van der Waals surface area contributed by atoms with Crippen LogP contribution < -0.4 is 0 Å². The Balaban J connectivity index is 1.10. The van der Waals surface area contributed by atoms with Gasteiger partial charge < -0.3 is 9.13 Å². The molecule has 4 heterocycles. The summed E-state index contributed by atoms with van der Waals surface area (Å²) in [6, 6.07) is 72.0. The number of thiophene rings is 2. The molecule has 0 unspecified atom stereocenters. The highest BCUT2D eigenvalue weighted by Crippen LogP contribution is 2.46. The number of hydrogen-bond acceptors (Lipinski definition) is 2. The van der Waals surface area contributed by atoms with Crippen LogP contribution in [0.2, 0.25) is 0 Å². The van der Waals surface area contributed by atoms with E-state index in [1.54, 1.807) is 0 Å². The van der Waals surface area contributed by atoms with Crippen LogP contribution in [0.4, 0.5) is 0 Å². The minimum absolute atomic E-state index is 1.16. The van der Waals surface area contributed by atoms with E-state index in [0.717, 1.165) is 5.69 Å². The van der Waals surface area contributed by atoms with E-state index in [1.807, 2.05) is 22.7 Å². The van der Waals surface area contributed by atoms with E-state index in [2.05, 4.69) is 203 Å². The second kappa shape index (κ2) is 12.3. The van der Waals surface area contributed by atoms with E-state index in [9.17, 15) is 0 Å². The molecule has 0 amide bonds. The lowest BCUT2D eigenvalue weighted by molar-refractivity contribution is 1.18. The van der Waals surface area contributed by atoms with Crippen molar-refractivity contribution < 1.29 is 0 Å². The average molecular weight is 773 g/mol. The molecule has 4 heteroatoms. The molecular weight excluding hydrogens is 741 g/mol. The molecule has 0 spiro atoms. The third-order valence-electron chi connectivity index (χ3n) is 12.1. The van der Waals surface area contributed by atoms with Gasteiger partial charge in [0.25, 0.3) is 0 Å². The van der Waals surface area contributed by atoms with Crippen molar-refractivity contribution in [1.29, 1.82) is 0 Å². The lowest BCUT2D eigenvalue weighted by Crippen LogP contribution is -1.96. The molecule has 9 aromatic carbocycles. The largest absolute Gasteiger partial charge is 0.309 e. The fourth-order valence-corrected chi connectivity index (χ4v) is 11.9. The van der Waals surface area contributed by atoms with Crippen molar-refractivity contribution in [2.75, 3.05) is 0 Å². The molecule has 0 N–H and O–H groups in total. The predicted molar refractivity (Wildman–Crippen MR) is 252 cm³/mol. The molecule has 0 saturated carbocycles. The zero-order valence-electron chi connectivity index (χ0n) is 31.2. The molecule has 0 aliphatic heterocycles. The number of fused-ring (bicyclic) bond motifs is 12. The molecule has 0 saturated heterocycles. The van der Waals surface area contributed by atoms with E-state index < -0.39 is 0 Å². The Labute approximate surface area is 341 Å². The molecular formula is C54H32N2S2. The van der Waals surface area contributed by atoms with Gasteiger partial charge in [-0.15, -0.1) is 22.7 Å². The van der Waals surface area contributed by atoms with Crippen LogP contribution in [0.15, 0.2) is 194 Å². The number of para-hydroxylation sites is 4. The predicted octanol–water partition coefficient (Wildman–Crippen LogP) is 16.0. The summed E-state index contributed by atoms with van der Waals surface area (Å²) in [6.45, 7) is 0. The van der Waals surface area contributed by atoms with Gasteiger partial charge in [-0.3, -0.25) is 0 Å². The quantitative estimate of drug-likeness (QED) is 0.169. The zero-order valence-corrected chi connectivity index (χ0v) is 32.8. The number of aromatic nitrogens is 2. The summed E-state index contributed by atoms with van der Waals surface area (Å²) in [4.78, 5) is 0. The minimum atomic E-state index is 1.16. The van der Waals surface area contributed by atoms with Crippen molar-refractivity contribution in [2.24, 2.45) is 0 Å². The van der Waals surface area contributed by atoms with Gasteiger partial charge in [0.05, 0.1) is 22.1 Å². The third kappa shape index (κ3) is 4.58. The van der Waals surface area contributed by atoms with Crippen LogP contribution in [-0.4, -0.2) is 9.13 Å². The highest BCUT2D eigenvalue weighted by Gasteiger charge is 2.21. The molecule has 270 valence electrons. The fraction of sp³-hybridized carbons (Fsp3) is 0. The van der Waals surface area contributed by atoms with Gasteiger partial charge in [0.1, 0.15) is 0 Å². The first-order valence-electron chi connectivity index (χ1n) is 19.8. The van der Waals surface area contributed by atoms with E-state index >= 15 is 0 Å². The van der Waals surface area contributed by atoms with Gasteiger partial charge in [0, 0.05) is 84.4 Å². The van der Waals surface area contributed by atoms with E-state index in [4.69, 9.17) is 0 Å². The van der Waals surface area contributed by atoms with Gasteiger partial charge in [-0.05, 0) is 77.9 Å². The Hall–Kier alpha value is -6.98. The van der Waals surface area contributed by atoms with E-state index in [1.165, 1.54) is 112 Å². The standard InChI is InChI=1S/C54H32N2S2/c1-2-13-35(14-3-1)56-48-22-9-5-16-39(48)43-20-12-19-37(53(43)56)34-25-27-40-38-15-4-8-21-47(38)55(49(40)30-34)36-31-44(54-46(32-36)42-18-7-11-24-51(42)58-54)33-26-28-52-45(29-33)41-17-6-10-23-50(41)57-52/h1-32H. The first-order valence-corrected chi connectivity index (χ1v) is 21.4. The number of hydrogen-bond donors (Lipinski definition) is 0. The first-order chi connectivity index (χ1) is 28.8. The molecule has 0 aliphatic carbocycles. The Bertz CT molecular complexity index is 3800. The number of nitrogens with zero attached hydrogens (tertiary/aromatic N) is 2. The second-order valence-electron chi connectivity index (χ2n) is 15.3. The Morgan fingerprint density at radius 1 is 0.293 bits per heavy atom. The van der Waals surface area contributed by atoms with Crippen LogP contribution in [0.1, 0.15) is 0 Å². The van der Waals surface area contributed by atoms with Gasteiger partial charge in [0.2, 0.25) is 0 Å². The Kier molecular flexibility index (Phi) is 6.79. The summed E-state index contributed by atoms with van der Waals surface area (Å²) < 4.78 is 10.2. The molecule has 4 aromatic heterocycles. The van der Waals surface area contributed by atoms with Crippen molar-refractivity contribution in [3.05, 3.63) is 194 Å². The summed E-state index contributed by atoms with van der Waals surface area (Å²) in [6.07, 6.45) is 0. The lowest BCUT2D eigenvalue weighted by atomic mass is 9.99. The molecule has 2 nitrogen and oxygen atoms in total. The van der Waals surface area contributed by atoms with E-state index in [0.29, 0.717) is 0 Å². The van der Waals surface area contributed by atoms with Gasteiger partial charge in [0.15, 0.2) is 0 Å². The van der Waals surface area contributed by atoms with Crippen molar-refractivity contribution >= 4 is 107 Å². The van der Waals surface area contributed by atoms with Gasteiger partial charge >= 0.3 is 0 Å². The van der Waals surface area contributed by atoms with Crippen LogP contribution >= 0.6 is 22.7 Å². The van der Waals surface area contributed by atoms with Crippen molar-refractivity contribution in [2.45, 2.75) is 0 Å². The van der Waals surface area contributed by atoms with Gasteiger partial charge in [-0.2, -0.15) is 0 Å². The maximum Gasteiger partial charge on any atom is 0.0619 e. The van der Waals surface area contributed by atoms with Crippen LogP contribution in [0.25, 0.3) is 118 Å². The molecule has 0 bridgehead atoms. The first kappa shape index (κ1) is 32.1. The molecule has 0 aliphatic rings. The average Bonchev–Trinajstić information content (AvgIpc) is 4.03. The fourth-order valence-electron chi connectivity index (χ4n) is 9.56. The van der Waals surface area contributed by atoms with Crippen LogP contribution in [0.3, 0.4) is 0 Å². The summed E-state index contributed by atoms with van der Waals surface area (Å²) in [5.41, 5.74) is 12.1. The third-order valence-corrected chi connectivity index (χ3v) is 14.5. The summed E-state index contributed by atoms with van der Waals surface area (Å²) in [5.74, 6) is 0. The van der Waals surface area contributed by atoms with Crippen molar-refractivity contribution in [3.63, 3.8) is 0 Å². The zero-order chi connectivity index (χ0) is 37.9. The van der Waals surface area contributed by atoms with Crippen LogP contribution in [-0.2, 0) is 0 Å². The molecule has 58 heavy (non-hydrogen) atoms. The van der Waals surface area contributed by atoms with E-state index in [-0.39, 0.29) is 0 Å². The second-order valence-corrected chi connectivity index (χ2v) is 17.4.